The van der Waals surface area contributed by atoms with Crippen LogP contribution in [-0.2, 0) is 0 Å². The molecule has 6 aromatic carbocycles. The Balaban J connectivity index is 1.35. The predicted octanol–water partition coefficient (Wildman–Crippen LogP) is 10.4. The maximum atomic E-state index is 3.63. The van der Waals surface area contributed by atoms with Crippen molar-refractivity contribution in [2.45, 2.75) is 6.92 Å². The van der Waals surface area contributed by atoms with E-state index in [4.69, 9.17) is 0 Å². The van der Waals surface area contributed by atoms with Gasteiger partial charge in [0, 0.05) is 11.4 Å². The Hall–Kier alpha value is -4.88. The van der Waals surface area contributed by atoms with E-state index in [1.54, 1.807) is 0 Å². The second-order valence-electron chi connectivity index (χ2n) is 9.68. The van der Waals surface area contributed by atoms with E-state index < -0.39 is 0 Å². The first-order chi connectivity index (χ1) is 18.7. The van der Waals surface area contributed by atoms with Crippen molar-refractivity contribution in [3.05, 3.63) is 157 Å². The molecule has 182 valence electrons. The topological polar surface area (TPSA) is 12.0 Å². The average molecular weight is 488 g/mol. The minimum atomic E-state index is 1.06. The van der Waals surface area contributed by atoms with Crippen LogP contribution in [0.25, 0.3) is 44.5 Å². The number of benzene rings is 6. The molecule has 0 aromatic heterocycles. The molecule has 0 heterocycles. The normalized spacial score (nSPS) is 10.8. The molecule has 0 radical (unpaired) electrons. The van der Waals surface area contributed by atoms with Crippen LogP contribution in [0, 0.1) is 6.92 Å². The summed E-state index contributed by atoms with van der Waals surface area (Å²) in [7, 11) is 0. The van der Waals surface area contributed by atoms with Crippen LogP contribution in [0.15, 0.2) is 152 Å². The molecule has 1 N–H and O–H groups in total. The van der Waals surface area contributed by atoms with E-state index in [1.165, 1.54) is 50.1 Å². The average Bonchev–Trinajstić information content (AvgIpc) is 2.98. The monoisotopic (exact) mass is 487 g/mol. The van der Waals surface area contributed by atoms with Crippen LogP contribution in [0.1, 0.15) is 5.56 Å². The zero-order valence-electron chi connectivity index (χ0n) is 21.4. The lowest BCUT2D eigenvalue weighted by molar-refractivity contribution is 1.47. The van der Waals surface area contributed by atoms with Gasteiger partial charge in [0.15, 0.2) is 0 Å². The van der Waals surface area contributed by atoms with Crippen molar-refractivity contribution in [1.82, 2.24) is 0 Å². The van der Waals surface area contributed by atoms with Crippen molar-refractivity contribution < 1.29 is 0 Å². The first kappa shape index (κ1) is 23.5. The number of rotatable bonds is 6. The van der Waals surface area contributed by atoms with Crippen molar-refractivity contribution in [2.24, 2.45) is 0 Å². The third-order valence-corrected chi connectivity index (χ3v) is 6.88. The highest BCUT2D eigenvalue weighted by atomic mass is 14.9. The fourth-order valence-electron chi connectivity index (χ4n) is 4.85. The summed E-state index contributed by atoms with van der Waals surface area (Å²) in [6.07, 6.45) is 0. The van der Waals surface area contributed by atoms with Crippen LogP contribution in [0.3, 0.4) is 0 Å². The molecular formula is C37H29N. The quantitative estimate of drug-likeness (QED) is 0.246. The molecule has 0 amide bonds. The van der Waals surface area contributed by atoms with Gasteiger partial charge in [-0.25, -0.2) is 0 Å². The molecule has 0 saturated carbocycles. The van der Waals surface area contributed by atoms with Gasteiger partial charge in [0.2, 0.25) is 0 Å². The molecule has 0 atom stereocenters. The molecule has 0 aliphatic carbocycles. The SMILES string of the molecule is Cc1ccc(-c2cccc(Nc3cccc(-c4cc(-c5ccccc5)cc(-c5ccccc5)c4)c3)c2)cc1. The fourth-order valence-corrected chi connectivity index (χ4v) is 4.85. The Morgan fingerprint density at radius 1 is 0.316 bits per heavy atom. The predicted molar refractivity (Wildman–Crippen MR) is 163 cm³/mol. The van der Waals surface area contributed by atoms with Crippen LogP contribution in [0.5, 0.6) is 0 Å². The van der Waals surface area contributed by atoms with Gasteiger partial charge in [-0.3, -0.25) is 0 Å². The summed E-state index contributed by atoms with van der Waals surface area (Å²) in [5, 5.41) is 3.63. The van der Waals surface area contributed by atoms with E-state index in [9.17, 15) is 0 Å². The summed E-state index contributed by atoms with van der Waals surface area (Å²) in [6, 6.07) is 54.0. The lowest BCUT2D eigenvalue weighted by atomic mass is 9.93. The van der Waals surface area contributed by atoms with Crippen molar-refractivity contribution in [2.75, 3.05) is 5.32 Å². The maximum Gasteiger partial charge on any atom is 0.0390 e. The minimum Gasteiger partial charge on any atom is -0.355 e. The molecule has 0 aliphatic rings. The second kappa shape index (κ2) is 10.6. The number of hydrogen-bond donors (Lipinski definition) is 1. The molecule has 0 spiro atoms. The summed E-state index contributed by atoms with van der Waals surface area (Å²) < 4.78 is 0. The number of anilines is 2. The molecule has 0 aliphatic heterocycles. The van der Waals surface area contributed by atoms with E-state index in [2.05, 4.69) is 164 Å². The van der Waals surface area contributed by atoms with Gasteiger partial charge in [-0.2, -0.15) is 0 Å². The molecule has 1 heteroatoms. The van der Waals surface area contributed by atoms with Crippen molar-refractivity contribution >= 4 is 11.4 Å². The lowest BCUT2D eigenvalue weighted by Gasteiger charge is -2.13. The molecule has 6 rings (SSSR count). The van der Waals surface area contributed by atoms with Gasteiger partial charge in [0.25, 0.3) is 0 Å². The van der Waals surface area contributed by atoms with Crippen LogP contribution in [0.2, 0.25) is 0 Å². The third-order valence-electron chi connectivity index (χ3n) is 6.88. The molecule has 38 heavy (non-hydrogen) atoms. The summed E-state index contributed by atoms with van der Waals surface area (Å²) in [5.41, 5.74) is 13.1. The molecule has 0 saturated heterocycles. The van der Waals surface area contributed by atoms with Gasteiger partial charge < -0.3 is 5.32 Å². The molecular weight excluding hydrogens is 458 g/mol. The second-order valence-corrected chi connectivity index (χ2v) is 9.68. The van der Waals surface area contributed by atoms with Crippen LogP contribution < -0.4 is 5.32 Å². The van der Waals surface area contributed by atoms with Crippen molar-refractivity contribution in [3.63, 3.8) is 0 Å². The molecule has 0 unspecified atom stereocenters. The summed E-state index contributed by atoms with van der Waals surface area (Å²) in [6.45, 7) is 2.12. The van der Waals surface area contributed by atoms with E-state index >= 15 is 0 Å². The molecule has 1 nitrogen and oxygen atoms in total. The Morgan fingerprint density at radius 2 is 0.711 bits per heavy atom. The maximum absolute atomic E-state index is 3.63. The number of hydrogen-bond acceptors (Lipinski definition) is 1. The van der Waals surface area contributed by atoms with Crippen LogP contribution in [-0.4, -0.2) is 0 Å². The van der Waals surface area contributed by atoms with Crippen molar-refractivity contribution in [1.29, 1.82) is 0 Å². The van der Waals surface area contributed by atoms with Gasteiger partial charge in [-0.05, 0) is 93.9 Å². The standard InChI is InChI=1S/C37H29N/c1-27-18-20-30(21-19-27)31-14-8-16-36(25-31)38-37-17-9-15-32(26-37)35-23-33(28-10-4-2-5-11-28)22-34(24-35)29-12-6-3-7-13-29/h2-26,38H,1H3. The Labute approximate surface area is 225 Å². The largest absolute Gasteiger partial charge is 0.355 e. The zero-order chi connectivity index (χ0) is 25.7. The first-order valence-corrected chi connectivity index (χ1v) is 13.0. The van der Waals surface area contributed by atoms with Crippen LogP contribution >= 0.6 is 0 Å². The van der Waals surface area contributed by atoms with E-state index in [-0.39, 0.29) is 0 Å². The molecule has 0 bridgehead atoms. The Morgan fingerprint density at radius 3 is 1.21 bits per heavy atom. The fraction of sp³-hybridized carbons (Fsp3) is 0.0270. The lowest BCUT2D eigenvalue weighted by Crippen LogP contribution is -1.92. The third kappa shape index (κ3) is 5.28. The van der Waals surface area contributed by atoms with Gasteiger partial charge in [-0.1, -0.05) is 115 Å². The summed E-state index contributed by atoms with van der Waals surface area (Å²) in [4.78, 5) is 0. The Kier molecular flexibility index (Phi) is 6.57. The van der Waals surface area contributed by atoms with Crippen molar-refractivity contribution in [3.8, 4) is 44.5 Å². The highest BCUT2D eigenvalue weighted by molar-refractivity contribution is 5.82. The first-order valence-electron chi connectivity index (χ1n) is 13.0. The highest BCUT2D eigenvalue weighted by Crippen LogP contribution is 2.34. The van der Waals surface area contributed by atoms with Gasteiger partial charge in [0.05, 0.1) is 0 Å². The number of nitrogens with one attached hydrogen (secondary N) is 1. The highest BCUT2D eigenvalue weighted by Gasteiger charge is 2.08. The van der Waals surface area contributed by atoms with E-state index in [0.29, 0.717) is 0 Å². The Bertz CT molecular complexity index is 1610. The molecule has 6 aromatic rings. The zero-order valence-corrected chi connectivity index (χ0v) is 21.4. The minimum absolute atomic E-state index is 1.06. The molecule has 0 fully saturated rings. The van der Waals surface area contributed by atoms with E-state index in [0.717, 1.165) is 11.4 Å². The van der Waals surface area contributed by atoms with Gasteiger partial charge >= 0.3 is 0 Å². The smallest absolute Gasteiger partial charge is 0.0390 e. The van der Waals surface area contributed by atoms with Crippen LogP contribution in [0.4, 0.5) is 11.4 Å². The van der Waals surface area contributed by atoms with Gasteiger partial charge in [-0.15, -0.1) is 0 Å². The van der Waals surface area contributed by atoms with Gasteiger partial charge in [0.1, 0.15) is 0 Å². The summed E-state index contributed by atoms with van der Waals surface area (Å²) >= 11 is 0. The summed E-state index contributed by atoms with van der Waals surface area (Å²) in [5.74, 6) is 0. The number of aryl methyl sites for hydroxylation is 1. The van der Waals surface area contributed by atoms with E-state index in [1.807, 2.05) is 0 Å².